The Labute approximate surface area is 186 Å². The Morgan fingerprint density at radius 2 is 1.68 bits per heavy atom. The lowest BCUT2D eigenvalue weighted by Gasteiger charge is -2.38. The number of rotatable bonds is 5. The van der Waals surface area contributed by atoms with Crippen LogP contribution in [0.3, 0.4) is 0 Å². The molecule has 0 bridgehead atoms. The number of fused-ring (bicyclic) bond motifs is 1. The quantitative estimate of drug-likeness (QED) is 0.618. The van der Waals surface area contributed by atoms with E-state index >= 15 is 0 Å². The van der Waals surface area contributed by atoms with Crippen LogP contribution in [-0.4, -0.2) is 57.8 Å². The molecular formula is C24H26N4O2S. The van der Waals surface area contributed by atoms with Gasteiger partial charge in [0, 0.05) is 43.4 Å². The first kappa shape index (κ1) is 20.1. The van der Waals surface area contributed by atoms with Gasteiger partial charge in [-0.05, 0) is 36.6 Å². The predicted octanol–water partition coefficient (Wildman–Crippen LogP) is 3.94. The number of imidazole rings is 1. The summed E-state index contributed by atoms with van der Waals surface area (Å²) in [5, 5.41) is 0.853. The van der Waals surface area contributed by atoms with Gasteiger partial charge >= 0.3 is 0 Å². The molecule has 1 aliphatic carbocycles. The van der Waals surface area contributed by atoms with E-state index in [1.807, 2.05) is 58.3 Å². The smallest absolute Gasteiger partial charge is 0.254 e. The number of carbonyl (C=O) groups excluding carboxylic acids is 2. The molecule has 6 nitrogen and oxygen atoms in total. The van der Waals surface area contributed by atoms with E-state index < -0.39 is 0 Å². The largest absolute Gasteiger partial charge is 0.339 e. The van der Waals surface area contributed by atoms with Gasteiger partial charge in [0.05, 0.1) is 11.0 Å². The first-order valence-electron chi connectivity index (χ1n) is 10.9. The monoisotopic (exact) mass is 434 g/mol. The van der Waals surface area contributed by atoms with Gasteiger partial charge in [0.2, 0.25) is 5.91 Å². The van der Waals surface area contributed by atoms with Crippen molar-refractivity contribution in [1.82, 2.24) is 19.8 Å². The first-order chi connectivity index (χ1) is 15.2. The van der Waals surface area contributed by atoms with Crippen molar-refractivity contribution in [2.45, 2.75) is 30.2 Å². The first-order valence-corrected chi connectivity index (χ1v) is 11.9. The van der Waals surface area contributed by atoms with Crippen LogP contribution >= 0.6 is 11.8 Å². The van der Waals surface area contributed by atoms with Gasteiger partial charge in [0.15, 0.2) is 5.16 Å². The fraction of sp³-hybridized carbons (Fsp3) is 0.375. The average molecular weight is 435 g/mol. The minimum Gasteiger partial charge on any atom is -0.339 e. The number of piperazine rings is 1. The van der Waals surface area contributed by atoms with Crippen molar-refractivity contribution in [2.75, 3.05) is 26.2 Å². The van der Waals surface area contributed by atoms with Gasteiger partial charge < -0.3 is 14.8 Å². The summed E-state index contributed by atoms with van der Waals surface area (Å²) in [5.41, 5.74) is 3.71. The fourth-order valence-electron chi connectivity index (χ4n) is 4.21. The number of aromatic amines is 1. The van der Waals surface area contributed by atoms with Gasteiger partial charge in [0.25, 0.3) is 5.91 Å². The lowest BCUT2D eigenvalue weighted by atomic mass is 9.84. The van der Waals surface area contributed by atoms with Crippen molar-refractivity contribution >= 4 is 34.6 Å². The predicted molar refractivity (Wildman–Crippen MR) is 122 cm³/mol. The number of hydrogen-bond acceptors (Lipinski definition) is 4. The minimum absolute atomic E-state index is 0.0524. The third kappa shape index (κ3) is 4.19. The zero-order chi connectivity index (χ0) is 21.2. The maximum atomic E-state index is 13.2. The van der Waals surface area contributed by atoms with Crippen LogP contribution in [0, 0.1) is 5.92 Å². The number of nitrogens with zero attached hydrogens (tertiary/aromatic N) is 3. The summed E-state index contributed by atoms with van der Waals surface area (Å²) in [6.45, 7) is 2.47. The Hall–Kier alpha value is -2.80. The molecule has 160 valence electrons. The molecule has 2 fully saturated rings. The fourth-order valence-corrected chi connectivity index (χ4v) is 5.10. The van der Waals surface area contributed by atoms with Gasteiger partial charge in [-0.3, -0.25) is 9.59 Å². The number of H-pyrrole nitrogens is 1. The molecule has 1 aromatic heterocycles. The van der Waals surface area contributed by atoms with Crippen LogP contribution in [0.15, 0.2) is 53.7 Å². The van der Waals surface area contributed by atoms with E-state index in [-0.39, 0.29) is 17.7 Å². The number of thioether (sulfide) groups is 1. The van der Waals surface area contributed by atoms with Crippen LogP contribution in [0.1, 0.15) is 35.2 Å². The van der Waals surface area contributed by atoms with Crippen molar-refractivity contribution in [2.24, 2.45) is 5.92 Å². The van der Waals surface area contributed by atoms with Gasteiger partial charge in [-0.2, -0.15) is 0 Å². The third-order valence-electron chi connectivity index (χ3n) is 6.31. The normalized spacial score (nSPS) is 17.0. The number of aromatic nitrogens is 2. The summed E-state index contributed by atoms with van der Waals surface area (Å²) in [4.78, 5) is 37.5. The molecule has 31 heavy (non-hydrogen) atoms. The number of carbonyl (C=O) groups is 2. The minimum atomic E-state index is 0.0524. The van der Waals surface area contributed by atoms with E-state index in [1.165, 1.54) is 0 Å². The molecule has 1 N–H and O–H groups in total. The van der Waals surface area contributed by atoms with Crippen LogP contribution < -0.4 is 0 Å². The summed E-state index contributed by atoms with van der Waals surface area (Å²) < 4.78 is 0. The van der Waals surface area contributed by atoms with Crippen molar-refractivity contribution in [1.29, 1.82) is 0 Å². The van der Waals surface area contributed by atoms with Gasteiger partial charge in [-0.25, -0.2) is 4.98 Å². The van der Waals surface area contributed by atoms with Crippen LogP contribution in [0.4, 0.5) is 0 Å². The highest BCUT2D eigenvalue weighted by Gasteiger charge is 2.32. The van der Waals surface area contributed by atoms with Crippen LogP contribution in [0.5, 0.6) is 0 Å². The van der Waals surface area contributed by atoms with E-state index in [9.17, 15) is 9.59 Å². The molecule has 2 heterocycles. The molecule has 0 unspecified atom stereocenters. The molecular weight excluding hydrogens is 408 g/mol. The Balaban J connectivity index is 1.23. The average Bonchev–Trinajstić information content (AvgIpc) is 3.19. The maximum absolute atomic E-state index is 13.2. The van der Waals surface area contributed by atoms with E-state index in [4.69, 9.17) is 0 Å². The Morgan fingerprint density at radius 3 is 2.42 bits per heavy atom. The van der Waals surface area contributed by atoms with Crippen molar-refractivity contribution < 1.29 is 9.59 Å². The molecule has 2 aromatic carbocycles. The van der Waals surface area contributed by atoms with Crippen LogP contribution in [-0.2, 0) is 10.5 Å². The molecule has 2 aliphatic rings. The van der Waals surface area contributed by atoms with Crippen LogP contribution in [0.2, 0.25) is 0 Å². The molecule has 1 saturated heterocycles. The number of nitrogens with one attached hydrogen (secondary N) is 1. The van der Waals surface area contributed by atoms with Crippen molar-refractivity contribution in [3.05, 3.63) is 59.7 Å². The molecule has 1 aliphatic heterocycles. The SMILES string of the molecule is O=C(c1ccccc1CSc1nc2ccccc2[nH]1)N1CCN(C(=O)C2CCC2)CC1. The summed E-state index contributed by atoms with van der Waals surface area (Å²) in [6, 6.07) is 15.8. The zero-order valence-corrected chi connectivity index (χ0v) is 18.2. The topological polar surface area (TPSA) is 69.3 Å². The molecule has 1 saturated carbocycles. The highest BCUT2D eigenvalue weighted by Crippen LogP contribution is 2.29. The second-order valence-corrected chi connectivity index (χ2v) is 9.21. The number of para-hydroxylation sites is 2. The molecule has 2 amide bonds. The summed E-state index contributed by atoms with van der Waals surface area (Å²) in [6.07, 6.45) is 3.21. The standard InChI is InChI=1S/C24H26N4O2S/c29-22(17-7-5-8-17)27-12-14-28(15-13-27)23(30)19-9-2-1-6-18(19)16-31-24-25-20-10-3-4-11-21(20)26-24/h1-4,6,9-11,17H,5,7-8,12-16H2,(H,25,26). The number of hydrogen-bond donors (Lipinski definition) is 1. The van der Waals surface area contributed by atoms with E-state index in [1.54, 1.807) is 11.8 Å². The van der Waals surface area contributed by atoms with E-state index in [0.29, 0.717) is 31.9 Å². The summed E-state index contributed by atoms with van der Waals surface area (Å²) in [5.74, 6) is 1.22. The van der Waals surface area contributed by atoms with Gasteiger partial charge in [-0.1, -0.05) is 48.5 Å². The number of amides is 2. The lowest BCUT2D eigenvalue weighted by molar-refractivity contribution is -0.139. The van der Waals surface area contributed by atoms with Gasteiger partial charge in [-0.15, -0.1) is 0 Å². The zero-order valence-electron chi connectivity index (χ0n) is 17.4. The van der Waals surface area contributed by atoms with Crippen LogP contribution in [0.25, 0.3) is 11.0 Å². The molecule has 7 heteroatoms. The van der Waals surface area contributed by atoms with E-state index in [2.05, 4.69) is 9.97 Å². The van der Waals surface area contributed by atoms with Crippen molar-refractivity contribution in [3.8, 4) is 0 Å². The lowest BCUT2D eigenvalue weighted by Crippen LogP contribution is -2.52. The maximum Gasteiger partial charge on any atom is 0.254 e. The molecule has 3 aromatic rings. The second kappa shape index (κ2) is 8.75. The molecule has 0 spiro atoms. The highest BCUT2D eigenvalue weighted by atomic mass is 32.2. The number of benzene rings is 2. The Morgan fingerprint density at radius 1 is 0.968 bits per heavy atom. The van der Waals surface area contributed by atoms with E-state index in [0.717, 1.165) is 46.6 Å². The molecule has 0 radical (unpaired) electrons. The summed E-state index contributed by atoms with van der Waals surface area (Å²) >= 11 is 1.60. The molecule has 0 atom stereocenters. The summed E-state index contributed by atoms with van der Waals surface area (Å²) in [7, 11) is 0. The van der Waals surface area contributed by atoms with Gasteiger partial charge in [0.1, 0.15) is 0 Å². The molecule has 5 rings (SSSR count). The second-order valence-electron chi connectivity index (χ2n) is 8.25. The Kier molecular flexibility index (Phi) is 5.68. The van der Waals surface area contributed by atoms with Crippen molar-refractivity contribution in [3.63, 3.8) is 0 Å². The highest BCUT2D eigenvalue weighted by molar-refractivity contribution is 7.98. The third-order valence-corrected chi connectivity index (χ3v) is 7.23. The Bertz CT molecular complexity index is 1070.